The van der Waals surface area contributed by atoms with Crippen LogP contribution in [0, 0.1) is 11.3 Å². The van der Waals surface area contributed by atoms with E-state index < -0.39 is 17.7 Å². The van der Waals surface area contributed by atoms with E-state index in [0.29, 0.717) is 39.9 Å². The summed E-state index contributed by atoms with van der Waals surface area (Å²) < 4.78 is 39.6. The van der Waals surface area contributed by atoms with E-state index in [0.717, 1.165) is 23.4 Å². The zero-order valence-electron chi connectivity index (χ0n) is 18.6. The van der Waals surface area contributed by atoms with Gasteiger partial charge in [-0.1, -0.05) is 41.3 Å². The first kappa shape index (κ1) is 24.5. The molecule has 0 spiro atoms. The summed E-state index contributed by atoms with van der Waals surface area (Å²) in [6.45, 7) is 0. The number of nitrogens with zero attached hydrogens (tertiary/aromatic N) is 4. The number of thiophene rings is 1. The minimum atomic E-state index is -4.41. The van der Waals surface area contributed by atoms with Gasteiger partial charge in [-0.15, -0.1) is 10.2 Å². The predicted molar refractivity (Wildman–Crippen MR) is 133 cm³/mol. The van der Waals surface area contributed by atoms with Gasteiger partial charge in [-0.3, -0.25) is 9.69 Å². The molecule has 0 saturated carbocycles. The number of alkyl halides is 3. The quantitative estimate of drug-likeness (QED) is 0.381. The van der Waals surface area contributed by atoms with E-state index in [4.69, 9.17) is 5.73 Å². The Morgan fingerprint density at radius 2 is 2.08 bits per heavy atom. The molecule has 184 valence electrons. The number of hydrogen-bond donors (Lipinski definition) is 1. The monoisotopic (exact) mass is 545 g/mol. The Morgan fingerprint density at radius 1 is 1.25 bits per heavy atom. The lowest BCUT2D eigenvalue weighted by molar-refractivity contribution is -0.137. The molecule has 0 saturated heterocycles. The lowest BCUT2D eigenvalue weighted by Gasteiger charge is -2.37. The van der Waals surface area contributed by atoms with Gasteiger partial charge in [-0.05, 0) is 46.9 Å². The number of carbonyl (C=O) groups is 1. The number of Topliss-reactive ketones (excluding diaryl/α,β-unsaturated/α-hetero) is 1. The van der Waals surface area contributed by atoms with Gasteiger partial charge in [0.05, 0.1) is 23.1 Å². The maximum atomic E-state index is 13.1. The second-order valence-corrected chi connectivity index (χ2v) is 11.2. The predicted octanol–water partition coefficient (Wildman–Crippen LogP) is 6.22. The number of nitrogens with two attached hydrogens (primary N) is 1. The van der Waals surface area contributed by atoms with Crippen LogP contribution in [0.1, 0.15) is 41.9 Å². The number of anilines is 1. The molecule has 0 amide bonds. The summed E-state index contributed by atoms with van der Waals surface area (Å²) in [6.07, 6.45) is -2.74. The number of hydrogen-bond acceptors (Lipinski definition) is 9. The third kappa shape index (κ3) is 4.54. The lowest BCUT2D eigenvalue weighted by Crippen LogP contribution is -2.38. The van der Waals surface area contributed by atoms with Crippen molar-refractivity contribution in [1.29, 1.82) is 5.26 Å². The summed E-state index contributed by atoms with van der Waals surface area (Å²) in [6, 6.07) is 9.27. The molecule has 3 aromatic rings. The Hall–Kier alpha value is -3.14. The highest BCUT2D eigenvalue weighted by atomic mass is 32.2. The average Bonchev–Trinajstić information content (AvgIpc) is 3.54. The summed E-state index contributed by atoms with van der Waals surface area (Å²) >= 11 is 3.97. The molecule has 1 aliphatic heterocycles. The van der Waals surface area contributed by atoms with E-state index in [-0.39, 0.29) is 22.9 Å². The molecule has 2 aromatic heterocycles. The first-order valence-electron chi connectivity index (χ1n) is 10.9. The van der Waals surface area contributed by atoms with Gasteiger partial charge in [0.2, 0.25) is 5.13 Å². The molecule has 1 atom stereocenters. The lowest BCUT2D eigenvalue weighted by atomic mass is 9.76. The standard InChI is InChI=1S/C24H18F3N5OS3/c25-24(26,27)15-4-1-3-13(9-15)11-35-23-31-30-22(36-23)32-17-5-2-6-18(33)20(17)19(14-7-8-34-12-14)16(10-28)21(32)29/h1,3-4,7-9,12,19H,2,5-6,11,29H2. The van der Waals surface area contributed by atoms with Crippen molar-refractivity contribution >= 4 is 45.4 Å². The number of aromatic nitrogens is 2. The molecule has 12 heteroatoms. The van der Waals surface area contributed by atoms with Gasteiger partial charge in [-0.25, -0.2) is 0 Å². The van der Waals surface area contributed by atoms with Gasteiger partial charge < -0.3 is 5.73 Å². The van der Waals surface area contributed by atoms with E-state index in [1.54, 1.807) is 11.0 Å². The van der Waals surface area contributed by atoms with E-state index >= 15 is 0 Å². The van der Waals surface area contributed by atoms with E-state index in [9.17, 15) is 23.2 Å². The zero-order valence-corrected chi connectivity index (χ0v) is 21.0. The fourth-order valence-corrected chi connectivity index (χ4v) is 6.92. The van der Waals surface area contributed by atoms with Crippen LogP contribution < -0.4 is 10.6 Å². The Morgan fingerprint density at radius 3 is 2.81 bits per heavy atom. The molecule has 2 N–H and O–H groups in total. The molecule has 6 nitrogen and oxygen atoms in total. The van der Waals surface area contributed by atoms with Gasteiger partial charge in [0.15, 0.2) is 10.1 Å². The number of ketones is 1. The van der Waals surface area contributed by atoms with Crippen LogP contribution >= 0.6 is 34.4 Å². The van der Waals surface area contributed by atoms with Crippen molar-refractivity contribution in [2.45, 2.75) is 41.4 Å². The maximum absolute atomic E-state index is 13.1. The highest BCUT2D eigenvalue weighted by Gasteiger charge is 2.41. The Balaban J connectivity index is 1.46. The molecule has 0 radical (unpaired) electrons. The second-order valence-electron chi connectivity index (χ2n) is 8.21. The second kappa shape index (κ2) is 9.72. The van der Waals surface area contributed by atoms with Crippen molar-refractivity contribution in [3.8, 4) is 6.07 Å². The Labute approximate surface area is 216 Å². The summed E-state index contributed by atoms with van der Waals surface area (Å²) in [7, 11) is 0. The topological polar surface area (TPSA) is 95.9 Å². The maximum Gasteiger partial charge on any atom is 0.416 e. The van der Waals surface area contributed by atoms with Crippen LogP contribution in [0.2, 0.25) is 0 Å². The number of carbonyl (C=O) groups excluding carboxylic acids is 1. The Kier molecular flexibility index (Phi) is 6.63. The van der Waals surface area contributed by atoms with Crippen molar-refractivity contribution in [1.82, 2.24) is 10.2 Å². The van der Waals surface area contributed by atoms with Crippen molar-refractivity contribution in [2.75, 3.05) is 4.90 Å². The van der Waals surface area contributed by atoms with Crippen molar-refractivity contribution in [2.24, 2.45) is 5.73 Å². The highest BCUT2D eigenvalue weighted by Crippen LogP contribution is 2.47. The third-order valence-corrected chi connectivity index (χ3v) is 8.81. The van der Waals surface area contributed by atoms with E-state index in [1.165, 1.54) is 40.5 Å². The summed E-state index contributed by atoms with van der Waals surface area (Å²) in [5.74, 6) is -0.0305. The SMILES string of the molecule is N#CC1=C(N)N(c2nnc(SCc3cccc(C(F)(F)F)c3)s2)C2=C(C(=O)CCC2)C1c1ccsc1. The van der Waals surface area contributed by atoms with E-state index in [1.807, 2.05) is 16.8 Å². The van der Waals surface area contributed by atoms with Crippen molar-refractivity contribution in [3.05, 3.63) is 80.4 Å². The first-order chi connectivity index (χ1) is 17.3. The van der Waals surface area contributed by atoms with Gasteiger partial charge in [0.25, 0.3) is 0 Å². The van der Waals surface area contributed by atoms with Crippen molar-refractivity contribution in [3.63, 3.8) is 0 Å². The molecule has 0 bridgehead atoms. The molecule has 5 rings (SSSR count). The van der Waals surface area contributed by atoms with Gasteiger partial charge in [0.1, 0.15) is 5.82 Å². The molecule has 3 heterocycles. The van der Waals surface area contributed by atoms with Crippen LogP contribution in [0.3, 0.4) is 0 Å². The number of allylic oxidation sites excluding steroid dienone is 3. The van der Waals surface area contributed by atoms with Gasteiger partial charge in [0, 0.05) is 23.4 Å². The van der Waals surface area contributed by atoms with Crippen LogP contribution in [-0.2, 0) is 16.7 Å². The number of benzene rings is 1. The molecule has 1 aliphatic carbocycles. The smallest absolute Gasteiger partial charge is 0.384 e. The number of halogens is 3. The number of nitriles is 1. The molecule has 1 aromatic carbocycles. The summed E-state index contributed by atoms with van der Waals surface area (Å²) in [5, 5.41) is 22.7. The molecular formula is C24H18F3N5OS3. The highest BCUT2D eigenvalue weighted by molar-refractivity contribution is 8.00. The number of thioether (sulfide) groups is 1. The molecule has 1 unspecified atom stereocenters. The van der Waals surface area contributed by atoms with Crippen LogP contribution in [-0.4, -0.2) is 16.0 Å². The van der Waals surface area contributed by atoms with Crippen LogP contribution in [0.15, 0.2) is 68.1 Å². The molecule has 0 fully saturated rings. The van der Waals surface area contributed by atoms with Crippen LogP contribution in [0.5, 0.6) is 0 Å². The minimum absolute atomic E-state index is 0.0126. The van der Waals surface area contributed by atoms with E-state index in [2.05, 4.69) is 16.3 Å². The number of rotatable bonds is 5. The van der Waals surface area contributed by atoms with Crippen LogP contribution in [0.4, 0.5) is 18.3 Å². The Bertz CT molecular complexity index is 1420. The first-order valence-corrected chi connectivity index (χ1v) is 13.6. The fourth-order valence-electron chi connectivity index (χ4n) is 4.41. The molecule has 36 heavy (non-hydrogen) atoms. The van der Waals surface area contributed by atoms with Gasteiger partial charge in [-0.2, -0.15) is 29.8 Å². The fraction of sp³-hybridized carbons (Fsp3) is 0.250. The normalized spacial score (nSPS) is 18.4. The largest absolute Gasteiger partial charge is 0.416 e. The van der Waals surface area contributed by atoms with Gasteiger partial charge >= 0.3 is 6.18 Å². The van der Waals surface area contributed by atoms with Crippen molar-refractivity contribution < 1.29 is 18.0 Å². The minimum Gasteiger partial charge on any atom is -0.384 e. The summed E-state index contributed by atoms with van der Waals surface area (Å²) in [5.41, 5.74) is 8.77. The molecular weight excluding hydrogens is 527 g/mol. The zero-order chi connectivity index (χ0) is 25.4. The summed E-state index contributed by atoms with van der Waals surface area (Å²) in [4.78, 5) is 14.7. The average molecular weight is 546 g/mol. The molecule has 2 aliphatic rings. The van der Waals surface area contributed by atoms with Crippen LogP contribution in [0.25, 0.3) is 0 Å². The third-order valence-electron chi connectivity index (χ3n) is 5.99.